The molecule has 3 aromatic carbocycles. The van der Waals surface area contributed by atoms with E-state index in [1.54, 1.807) is 6.07 Å². The Morgan fingerprint density at radius 1 is 1.00 bits per heavy atom. The molecule has 0 saturated carbocycles. The van der Waals surface area contributed by atoms with Gasteiger partial charge in [-0.15, -0.1) is 0 Å². The van der Waals surface area contributed by atoms with E-state index in [-0.39, 0.29) is 10.7 Å². The normalized spacial score (nSPS) is 10.8. The molecule has 0 saturated heterocycles. The minimum Gasteiger partial charge on any atom is -0.338 e. The van der Waals surface area contributed by atoms with Crippen LogP contribution in [-0.4, -0.2) is 14.9 Å². The van der Waals surface area contributed by atoms with Gasteiger partial charge in [0, 0.05) is 23.1 Å². The molecule has 0 bridgehead atoms. The van der Waals surface area contributed by atoms with Crippen LogP contribution < -0.4 is 5.32 Å². The second kappa shape index (κ2) is 7.25. The quantitative estimate of drug-likeness (QED) is 0.346. The first-order valence-electron chi connectivity index (χ1n) is 8.56. The van der Waals surface area contributed by atoms with Crippen molar-refractivity contribution in [3.05, 3.63) is 87.4 Å². The third-order valence-electron chi connectivity index (χ3n) is 4.33. The Morgan fingerprint density at radius 2 is 1.75 bits per heavy atom. The van der Waals surface area contributed by atoms with E-state index in [1.165, 1.54) is 12.1 Å². The van der Waals surface area contributed by atoms with E-state index in [1.807, 2.05) is 55.5 Å². The molecule has 0 atom stereocenters. The highest BCUT2D eigenvalue weighted by Gasteiger charge is 2.13. The van der Waals surface area contributed by atoms with E-state index in [0.29, 0.717) is 17.3 Å². The molecule has 0 unspecified atom stereocenters. The van der Waals surface area contributed by atoms with Gasteiger partial charge in [-0.05, 0) is 25.1 Å². The number of hydrogen-bond acceptors (Lipinski definition) is 5. The van der Waals surface area contributed by atoms with Crippen LogP contribution in [0.4, 0.5) is 17.2 Å². The monoisotopic (exact) mass is 390 g/mol. The van der Waals surface area contributed by atoms with Crippen LogP contribution in [0.3, 0.4) is 0 Å². The topological polar surface area (TPSA) is 81.0 Å². The maximum atomic E-state index is 10.9. The first-order valence-corrected chi connectivity index (χ1v) is 8.94. The molecule has 0 radical (unpaired) electrons. The number of aryl methyl sites for hydroxylation is 1. The minimum atomic E-state index is -0.481. The van der Waals surface area contributed by atoms with Crippen LogP contribution in [0.2, 0.25) is 5.02 Å². The molecule has 138 valence electrons. The van der Waals surface area contributed by atoms with Gasteiger partial charge in [-0.25, -0.2) is 9.97 Å². The number of aromatic nitrogens is 2. The average Bonchev–Trinajstić information content (AvgIpc) is 2.69. The molecule has 0 aliphatic rings. The maximum Gasteiger partial charge on any atom is 0.271 e. The number of hydrogen-bond donors (Lipinski definition) is 1. The van der Waals surface area contributed by atoms with Crippen LogP contribution in [0.25, 0.3) is 22.3 Å². The van der Waals surface area contributed by atoms with Gasteiger partial charge in [-0.3, -0.25) is 10.1 Å². The fourth-order valence-corrected chi connectivity index (χ4v) is 3.07. The highest BCUT2D eigenvalue weighted by molar-refractivity contribution is 6.33. The number of nitro groups is 1. The van der Waals surface area contributed by atoms with Gasteiger partial charge in [-0.2, -0.15) is 0 Å². The standard InChI is InChI=1S/C21H15ClN4O2/c1-13-6-8-14(9-7-13)20-23-18-5-3-2-4-16(18)21(25-20)24-19-11-10-15(26(27)28)12-17(19)22/h2-12H,1H3,(H,23,24,25). The molecule has 1 heterocycles. The molecule has 28 heavy (non-hydrogen) atoms. The van der Waals surface area contributed by atoms with Gasteiger partial charge >= 0.3 is 0 Å². The van der Waals surface area contributed by atoms with Crippen molar-refractivity contribution in [2.24, 2.45) is 0 Å². The number of nitrogens with zero attached hydrogens (tertiary/aromatic N) is 3. The molecule has 0 aliphatic heterocycles. The van der Waals surface area contributed by atoms with E-state index in [4.69, 9.17) is 11.6 Å². The summed E-state index contributed by atoms with van der Waals surface area (Å²) in [6.45, 7) is 2.02. The zero-order valence-electron chi connectivity index (χ0n) is 14.9. The van der Waals surface area contributed by atoms with Crippen LogP contribution in [0.5, 0.6) is 0 Å². The lowest BCUT2D eigenvalue weighted by atomic mass is 10.1. The van der Waals surface area contributed by atoms with Gasteiger partial charge in [0.2, 0.25) is 0 Å². The van der Waals surface area contributed by atoms with Crippen molar-refractivity contribution < 1.29 is 4.92 Å². The number of anilines is 2. The van der Waals surface area contributed by atoms with Crippen molar-refractivity contribution in [3.63, 3.8) is 0 Å². The highest BCUT2D eigenvalue weighted by atomic mass is 35.5. The molecular weight excluding hydrogens is 376 g/mol. The summed E-state index contributed by atoms with van der Waals surface area (Å²) in [6, 6.07) is 19.9. The summed E-state index contributed by atoms with van der Waals surface area (Å²) in [5.41, 5.74) is 3.30. The second-order valence-corrected chi connectivity index (χ2v) is 6.73. The Balaban J connectivity index is 1.81. The van der Waals surface area contributed by atoms with Crippen LogP contribution in [0.1, 0.15) is 5.56 Å². The van der Waals surface area contributed by atoms with Crippen LogP contribution in [-0.2, 0) is 0 Å². The van der Waals surface area contributed by atoms with E-state index in [0.717, 1.165) is 22.0 Å². The van der Waals surface area contributed by atoms with E-state index in [2.05, 4.69) is 15.3 Å². The number of fused-ring (bicyclic) bond motifs is 1. The van der Waals surface area contributed by atoms with Gasteiger partial charge in [0.25, 0.3) is 5.69 Å². The molecule has 4 rings (SSSR count). The Morgan fingerprint density at radius 3 is 2.46 bits per heavy atom. The van der Waals surface area contributed by atoms with Crippen molar-refractivity contribution >= 4 is 39.7 Å². The lowest BCUT2D eigenvalue weighted by Gasteiger charge is -2.12. The van der Waals surface area contributed by atoms with Crippen molar-refractivity contribution in [2.75, 3.05) is 5.32 Å². The van der Waals surface area contributed by atoms with Gasteiger partial charge in [0.05, 0.1) is 21.2 Å². The summed E-state index contributed by atoms with van der Waals surface area (Å²) >= 11 is 6.24. The molecule has 0 fully saturated rings. The zero-order valence-corrected chi connectivity index (χ0v) is 15.6. The molecule has 0 amide bonds. The minimum absolute atomic E-state index is 0.0663. The van der Waals surface area contributed by atoms with Crippen LogP contribution >= 0.6 is 11.6 Å². The summed E-state index contributed by atoms with van der Waals surface area (Å²) in [5, 5.41) is 15.2. The average molecular weight is 391 g/mol. The molecule has 7 heteroatoms. The molecule has 4 aromatic rings. The van der Waals surface area contributed by atoms with E-state index >= 15 is 0 Å². The van der Waals surface area contributed by atoms with Crippen molar-refractivity contribution in [3.8, 4) is 11.4 Å². The summed E-state index contributed by atoms with van der Waals surface area (Å²) in [4.78, 5) is 19.8. The Bertz CT molecular complexity index is 1190. The van der Waals surface area contributed by atoms with Crippen LogP contribution in [0.15, 0.2) is 66.7 Å². The molecular formula is C21H15ClN4O2. The van der Waals surface area contributed by atoms with E-state index < -0.39 is 4.92 Å². The number of rotatable bonds is 4. The maximum absolute atomic E-state index is 10.9. The largest absolute Gasteiger partial charge is 0.338 e. The SMILES string of the molecule is Cc1ccc(-c2nc(Nc3ccc([N+](=O)[O-])cc3Cl)c3ccccc3n2)cc1. The first kappa shape index (κ1) is 17.9. The van der Waals surface area contributed by atoms with Crippen LogP contribution in [0, 0.1) is 17.0 Å². The fourth-order valence-electron chi connectivity index (χ4n) is 2.85. The first-order chi connectivity index (χ1) is 13.5. The van der Waals surface area contributed by atoms with E-state index in [9.17, 15) is 10.1 Å². The summed E-state index contributed by atoms with van der Waals surface area (Å²) in [7, 11) is 0. The Labute approximate surface area is 166 Å². The van der Waals surface area contributed by atoms with Gasteiger partial charge < -0.3 is 5.32 Å². The molecule has 6 nitrogen and oxygen atoms in total. The Hall–Kier alpha value is -3.51. The number of nitrogens with one attached hydrogen (secondary N) is 1. The number of benzene rings is 3. The Kier molecular flexibility index (Phi) is 4.63. The number of nitro benzene ring substituents is 1. The van der Waals surface area contributed by atoms with Gasteiger partial charge in [0.1, 0.15) is 5.82 Å². The highest BCUT2D eigenvalue weighted by Crippen LogP contribution is 2.32. The van der Waals surface area contributed by atoms with Crippen molar-refractivity contribution in [1.82, 2.24) is 9.97 Å². The van der Waals surface area contributed by atoms with Crippen molar-refractivity contribution in [1.29, 1.82) is 0 Å². The summed E-state index contributed by atoms with van der Waals surface area (Å²) in [5.74, 6) is 1.16. The molecule has 1 N–H and O–H groups in total. The lowest BCUT2D eigenvalue weighted by Crippen LogP contribution is -2.00. The fraction of sp³-hybridized carbons (Fsp3) is 0.0476. The predicted octanol–water partition coefficient (Wildman–Crippen LogP) is 5.91. The third kappa shape index (κ3) is 3.50. The molecule has 0 aliphatic carbocycles. The van der Waals surface area contributed by atoms with Gasteiger partial charge in [-0.1, -0.05) is 53.6 Å². The lowest BCUT2D eigenvalue weighted by molar-refractivity contribution is -0.384. The third-order valence-corrected chi connectivity index (χ3v) is 4.64. The second-order valence-electron chi connectivity index (χ2n) is 6.33. The zero-order chi connectivity index (χ0) is 19.7. The summed E-state index contributed by atoms with van der Waals surface area (Å²) in [6.07, 6.45) is 0. The predicted molar refractivity (Wildman–Crippen MR) is 111 cm³/mol. The number of halogens is 1. The van der Waals surface area contributed by atoms with Gasteiger partial charge in [0.15, 0.2) is 5.82 Å². The molecule has 1 aromatic heterocycles. The number of para-hydroxylation sites is 1. The smallest absolute Gasteiger partial charge is 0.271 e. The summed E-state index contributed by atoms with van der Waals surface area (Å²) < 4.78 is 0. The van der Waals surface area contributed by atoms with Crippen molar-refractivity contribution in [2.45, 2.75) is 6.92 Å². The molecule has 0 spiro atoms. The number of non-ortho nitro benzene ring substituents is 1.